The van der Waals surface area contributed by atoms with Crippen LogP contribution in [-0.4, -0.2) is 12.6 Å². The molecule has 204 valence electrons. The van der Waals surface area contributed by atoms with Gasteiger partial charge in [-0.2, -0.15) is 0 Å². The van der Waals surface area contributed by atoms with E-state index in [9.17, 15) is 4.79 Å². The zero-order valence-corrected chi connectivity index (χ0v) is 26.3. The van der Waals surface area contributed by atoms with Crippen LogP contribution in [0.5, 0.6) is 0 Å². The fourth-order valence-corrected chi connectivity index (χ4v) is 6.13. The van der Waals surface area contributed by atoms with Crippen LogP contribution in [0.3, 0.4) is 0 Å². The van der Waals surface area contributed by atoms with Gasteiger partial charge in [0.1, 0.15) is 0 Å². The first kappa shape index (κ1) is 28.7. The van der Waals surface area contributed by atoms with E-state index in [4.69, 9.17) is 27.9 Å². The molecule has 0 saturated heterocycles. The topological polar surface area (TPSA) is 41.6 Å². The van der Waals surface area contributed by atoms with Crippen LogP contribution in [0.15, 0.2) is 117 Å². The van der Waals surface area contributed by atoms with Crippen LogP contribution >= 0.6 is 55.1 Å². The Labute approximate surface area is 261 Å². The van der Waals surface area contributed by atoms with E-state index in [1.54, 1.807) is 0 Å². The lowest BCUT2D eigenvalue weighted by molar-refractivity contribution is -0.139. The Morgan fingerprint density at radius 3 is 2.08 bits per heavy atom. The van der Waals surface area contributed by atoms with Crippen molar-refractivity contribution in [1.29, 1.82) is 0 Å². The van der Waals surface area contributed by atoms with E-state index < -0.39 is 6.04 Å². The van der Waals surface area contributed by atoms with Crippen molar-refractivity contribution in [2.75, 3.05) is 16.8 Å². The molecule has 0 bridgehead atoms. The van der Waals surface area contributed by atoms with Crippen molar-refractivity contribution in [2.45, 2.75) is 25.4 Å². The van der Waals surface area contributed by atoms with E-state index in [1.807, 2.05) is 91.9 Å². The van der Waals surface area contributed by atoms with Crippen LogP contribution < -0.4 is 10.2 Å². The van der Waals surface area contributed by atoms with Crippen LogP contribution in [-0.2, 0) is 9.53 Å². The first-order valence-corrected chi connectivity index (χ1v) is 15.2. The average molecular weight is 701 g/mol. The fourth-order valence-electron chi connectivity index (χ4n) is 5.09. The Morgan fingerprint density at radius 2 is 1.48 bits per heavy atom. The summed E-state index contributed by atoms with van der Waals surface area (Å²) in [5, 5.41) is 4.86. The Bertz CT molecular complexity index is 1540. The zero-order chi connectivity index (χ0) is 28.2. The number of hydrogen-bond acceptors (Lipinski definition) is 4. The van der Waals surface area contributed by atoms with Gasteiger partial charge in [0.15, 0.2) is 0 Å². The van der Waals surface area contributed by atoms with Gasteiger partial charge in [-0.15, -0.1) is 0 Å². The van der Waals surface area contributed by atoms with Crippen molar-refractivity contribution in [3.8, 4) is 0 Å². The maximum atomic E-state index is 13.8. The molecular weight excluding hydrogens is 675 g/mol. The van der Waals surface area contributed by atoms with E-state index in [2.05, 4.69) is 54.2 Å². The summed E-state index contributed by atoms with van der Waals surface area (Å²) in [6.07, 6.45) is 0.527. The Balaban J connectivity index is 1.79. The molecular formula is C32H26Br2Cl2N2O2. The minimum absolute atomic E-state index is 0.139. The van der Waals surface area contributed by atoms with Gasteiger partial charge >= 0.3 is 5.97 Å². The molecule has 0 saturated carbocycles. The van der Waals surface area contributed by atoms with E-state index >= 15 is 0 Å². The molecule has 0 aromatic heterocycles. The van der Waals surface area contributed by atoms with Crippen LogP contribution in [0.1, 0.15) is 36.6 Å². The van der Waals surface area contributed by atoms with Gasteiger partial charge in [0, 0.05) is 42.5 Å². The molecule has 4 aromatic rings. The predicted octanol–water partition coefficient (Wildman–Crippen LogP) is 10.1. The molecule has 0 radical (unpaired) electrons. The van der Waals surface area contributed by atoms with Crippen LogP contribution in [0.4, 0.5) is 11.4 Å². The molecule has 0 amide bonds. The van der Waals surface area contributed by atoms with E-state index in [0.717, 1.165) is 37.1 Å². The smallest absolute Gasteiger partial charge is 0.338 e. The molecule has 0 aliphatic carbocycles. The molecule has 1 aliphatic heterocycles. The largest absolute Gasteiger partial charge is 0.463 e. The van der Waals surface area contributed by atoms with E-state index in [-0.39, 0.29) is 18.6 Å². The van der Waals surface area contributed by atoms with Crippen LogP contribution in [0.2, 0.25) is 10.0 Å². The lowest BCUT2D eigenvalue weighted by Gasteiger charge is -2.46. The lowest BCUT2D eigenvalue weighted by atomic mass is 9.84. The number of halogens is 4. The molecule has 2 atom stereocenters. The number of benzene rings is 4. The molecule has 40 heavy (non-hydrogen) atoms. The molecule has 5 rings (SSSR count). The second kappa shape index (κ2) is 12.8. The number of anilines is 2. The molecule has 4 nitrogen and oxygen atoms in total. The molecule has 0 spiro atoms. The summed E-state index contributed by atoms with van der Waals surface area (Å²) in [4.78, 5) is 16.1. The number of rotatable bonds is 7. The summed E-state index contributed by atoms with van der Waals surface area (Å²) in [5.74, 6) is -0.366. The summed E-state index contributed by atoms with van der Waals surface area (Å²) in [5.41, 5.74) is 5.15. The van der Waals surface area contributed by atoms with Crippen LogP contribution in [0.25, 0.3) is 0 Å². The van der Waals surface area contributed by atoms with Gasteiger partial charge in [0.2, 0.25) is 0 Å². The summed E-state index contributed by atoms with van der Waals surface area (Å²) in [7, 11) is 0. The van der Waals surface area contributed by atoms with Crippen molar-refractivity contribution in [3.05, 3.63) is 138 Å². The van der Waals surface area contributed by atoms with Gasteiger partial charge in [-0.25, -0.2) is 4.79 Å². The first-order chi connectivity index (χ1) is 19.3. The van der Waals surface area contributed by atoms with Crippen molar-refractivity contribution < 1.29 is 9.53 Å². The summed E-state index contributed by atoms with van der Waals surface area (Å²) in [6, 6.07) is 30.9. The molecule has 1 aliphatic rings. The van der Waals surface area contributed by atoms with E-state index in [0.29, 0.717) is 22.0 Å². The van der Waals surface area contributed by atoms with Gasteiger partial charge in [0.05, 0.1) is 24.3 Å². The number of esters is 1. The first-order valence-electron chi connectivity index (χ1n) is 12.8. The highest BCUT2D eigenvalue weighted by Gasteiger charge is 2.42. The number of carbonyl (C=O) groups is 1. The third-order valence-electron chi connectivity index (χ3n) is 6.77. The second-order valence-corrected chi connectivity index (χ2v) is 12.1. The van der Waals surface area contributed by atoms with Crippen molar-refractivity contribution >= 4 is 72.4 Å². The number of ether oxygens (including phenoxy) is 1. The van der Waals surface area contributed by atoms with Crippen molar-refractivity contribution in [1.82, 2.24) is 0 Å². The molecule has 0 fully saturated rings. The minimum Gasteiger partial charge on any atom is -0.463 e. The van der Waals surface area contributed by atoms with Crippen molar-refractivity contribution in [2.24, 2.45) is 0 Å². The van der Waals surface area contributed by atoms with Gasteiger partial charge < -0.3 is 15.0 Å². The normalized spacial score (nSPS) is 17.1. The Kier molecular flexibility index (Phi) is 9.21. The number of nitrogens with one attached hydrogen (secondary N) is 1. The molecule has 8 heteroatoms. The SMILES string of the molecule is CCOC(=O)C1=C(Nc2cccc(Br)c2)C[C@@H](c2ccc(Cl)cc2)N(c2cccc(Br)c2)[C@@H]1c1ccc(Cl)cc1. The number of carbonyl (C=O) groups excluding carboxylic acids is 1. The zero-order valence-electron chi connectivity index (χ0n) is 21.6. The highest BCUT2D eigenvalue weighted by molar-refractivity contribution is 9.10. The van der Waals surface area contributed by atoms with Crippen molar-refractivity contribution in [3.63, 3.8) is 0 Å². The third-order valence-corrected chi connectivity index (χ3v) is 8.26. The lowest BCUT2D eigenvalue weighted by Crippen LogP contribution is -2.41. The number of nitrogens with zero attached hydrogens (tertiary/aromatic N) is 1. The quantitative estimate of drug-likeness (QED) is 0.195. The minimum atomic E-state index is -0.477. The molecule has 1 heterocycles. The van der Waals surface area contributed by atoms with Gasteiger partial charge in [0.25, 0.3) is 0 Å². The monoisotopic (exact) mass is 698 g/mol. The Morgan fingerprint density at radius 1 is 0.875 bits per heavy atom. The van der Waals surface area contributed by atoms with E-state index in [1.165, 1.54) is 0 Å². The Hall–Kier alpha value is -2.77. The molecule has 1 N–H and O–H groups in total. The third kappa shape index (κ3) is 6.41. The second-order valence-electron chi connectivity index (χ2n) is 9.36. The van der Waals surface area contributed by atoms with Gasteiger partial charge in [-0.05, 0) is 78.7 Å². The number of hydrogen-bond donors (Lipinski definition) is 1. The fraction of sp³-hybridized carbons (Fsp3) is 0.156. The summed E-state index contributed by atoms with van der Waals surface area (Å²) in [6.45, 7) is 2.08. The van der Waals surface area contributed by atoms with Crippen LogP contribution in [0, 0.1) is 0 Å². The average Bonchev–Trinajstić information content (AvgIpc) is 2.93. The summed E-state index contributed by atoms with van der Waals surface area (Å²) < 4.78 is 7.56. The van der Waals surface area contributed by atoms with Gasteiger partial charge in [-0.3, -0.25) is 0 Å². The predicted molar refractivity (Wildman–Crippen MR) is 171 cm³/mol. The highest BCUT2D eigenvalue weighted by atomic mass is 79.9. The molecule has 0 unspecified atom stereocenters. The molecule has 4 aromatic carbocycles. The standard InChI is InChI=1S/C32H26Br2Cl2N2O2/c1-2-40-32(39)30-28(37-26-7-3-5-22(33)17-26)19-29(20-9-13-24(35)14-10-20)38(27-8-4-6-23(34)18-27)31(30)21-11-15-25(36)16-12-21/h3-18,29,31,37H,2,19H2,1H3/t29-,31+/m0/s1. The highest BCUT2D eigenvalue weighted by Crippen LogP contribution is 2.48. The van der Waals surface area contributed by atoms with Gasteiger partial charge in [-0.1, -0.05) is 91.5 Å². The maximum absolute atomic E-state index is 13.8. The summed E-state index contributed by atoms with van der Waals surface area (Å²) >= 11 is 19.8. The maximum Gasteiger partial charge on any atom is 0.338 e.